The third-order valence-corrected chi connectivity index (χ3v) is 5.00. The lowest BCUT2D eigenvalue weighted by molar-refractivity contribution is -0.137. The van der Waals surface area contributed by atoms with Crippen LogP contribution in [0.5, 0.6) is 0 Å². The number of benzene rings is 1. The second-order valence-electron chi connectivity index (χ2n) is 6.91. The molecular formula is C19H21F3N4O2. The summed E-state index contributed by atoms with van der Waals surface area (Å²) in [5.74, 6) is -0.559. The van der Waals surface area contributed by atoms with Gasteiger partial charge in [-0.2, -0.15) is 18.3 Å². The summed E-state index contributed by atoms with van der Waals surface area (Å²) in [6, 6.07) is 4.20. The van der Waals surface area contributed by atoms with Gasteiger partial charge in [0.2, 0.25) is 5.91 Å². The Morgan fingerprint density at radius 3 is 2.25 bits per heavy atom. The van der Waals surface area contributed by atoms with Crippen LogP contribution in [0.15, 0.2) is 36.7 Å². The normalized spacial score (nSPS) is 15.5. The quantitative estimate of drug-likeness (QED) is 0.804. The van der Waals surface area contributed by atoms with Crippen molar-refractivity contribution in [3.8, 4) is 0 Å². The van der Waals surface area contributed by atoms with Crippen molar-refractivity contribution in [1.29, 1.82) is 0 Å². The lowest BCUT2D eigenvalue weighted by Crippen LogP contribution is -2.43. The van der Waals surface area contributed by atoms with Gasteiger partial charge in [0.15, 0.2) is 0 Å². The summed E-state index contributed by atoms with van der Waals surface area (Å²) in [7, 11) is 3.46. The number of carbonyl (C=O) groups is 2. The van der Waals surface area contributed by atoms with E-state index in [2.05, 4.69) is 5.10 Å². The number of aryl methyl sites for hydroxylation is 1. The van der Waals surface area contributed by atoms with Crippen LogP contribution in [0.1, 0.15) is 28.8 Å². The number of aromatic nitrogens is 2. The molecule has 1 aliphatic rings. The van der Waals surface area contributed by atoms with Crippen molar-refractivity contribution in [2.24, 2.45) is 13.0 Å². The smallest absolute Gasteiger partial charge is 0.339 e. The van der Waals surface area contributed by atoms with Gasteiger partial charge in [-0.05, 0) is 37.1 Å². The second-order valence-corrected chi connectivity index (χ2v) is 6.91. The van der Waals surface area contributed by atoms with Gasteiger partial charge >= 0.3 is 6.18 Å². The van der Waals surface area contributed by atoms with Gasteiger partial charge in [-0.15, -0.1) is 0 Å². The molecule has 0 N–H and O–H groups in total. The molecule has 0 bridgehead atoms. The lowest BCUT2D eigenvalue weighted by Gasteiger charge is -2.33. The zero-order valence-electron chi connectivity index (χ0n) is 15.6. The van der Waals surface area contributed by atoms with Gasteiger partial charge in [0, 0.05) is 44.9 Å². The number of rotatable bonds is 3. The first-order chi connectivity index (χ1) is 13.2. The average molecular weight is 394 g/mol. The molecular weight excluding hydrogens is 373 g/mol. The SMILES string of the molecule is CN(C(=O)C1CCN(C(=O)c2ccc(C(F)(F)F)cc2)CC1)c1cnn(C)c1. The summed E-state index contributed by atoms with van der Waals surface area (Å²) in [4.78, 5) is 28.3. The molecule has 6 nitrogen and oxygen atoms in total. The third-order valence-electron chi connectivity index (χ3n) is 5.00. The van der Waals surface area contributed by atoms with Crippen LogP contribution in [-0.2, 0) is 18.0 Å². The van der Waals surface area contributed by atoms with Crippen LogP contribution in [0.25, 0.3) is 0 Å². The maximum atomic E-state index is 12.7. The summed E-state index contributed by atoms with van der Waals surface area (Å²) in [5, 5.41) is 4.05. The van der Waals surface area contributed by atoms with E-state index < -0.39 is 11.7 Å². The molecule has 0 spiro atoms. The molecule has 0 atom stereocenters. The minimum atomic E-state index is -4.43. The molecule has 2 heterocycles. The van der Waals surface area contributed by atoms with E-state index in [4.69, 9.17) is 0 Å². The Labute approximate surface area is 160 Å². The van der Waals surface area contributed by atoms with Crippen molar-refractivity contribution < 1.29 is 22.8 Å². The van der Waals surface area contributed by atoms with Gasteiger partial charge in [-0.1, -0.05) is 0 Å². The second kappa shape index (κ2) is 7.65. The van der Waals surface area contributed by atoms with Crippen LogP contribution < -0.4 is 4.90 Å². The Balaban J connectivity index is 1.58. The van der Waals surface area contributed by atoms with Crippen molar-refractivity contribution in [3.05, 3.63) is 47.8 Å². The largest absolute Gasteiger partial charge is 0.416 e. The molecule has 28 heavy (non-hydrogen) atoms. The van der Waals surface area contributed by atoms with E-state index in [1.165, 1.54) is 12.1 Å². The zero-order valence-corrected chi connectivity index (χ0v) is 15.6. The highest BCUT2D eigenvalue weighted by Crippen LogP contribution is 2.29. The third kappa shape index (κ3) is 4.18. The van der Waals surface area contributed by atoms with E-state index in [0.717, 1.165) is 12.1 Å². The molecule has 0 saturated carbocycles. The van der Waals surface area contributed by atoms with E-state index in [9.17, 15) is 22.8 Å². The van der Waals surface area contributed by atoms with Crippen molar-refractivity contribution in [3.63, 3.8) is 0 Å². The number of halogens is 3. The van der Waals surface area contributed by atoms with Crippen molar-refractivity contribution in [2.75, 3.05) is 25.0 Å². The number of amides is 2. The predicted molar refractivity (Wildman–Crippen MR) is 96.7 cm³/mol. The van der Waals surface area contributed by atoms with E-state index in [1.807, 2.05) is 0 Å². The maximum absolute atomic E-state index is 12.7. The van der Waals surface area contributed by atoms with Crippen LogP contribution in [0, 0.1) is 5.92 Å². The molecule has 1 aromatic carbocycles. The molecule has 3 rings (SSSR count). The highest BCUT2D eigenvalue weighted by Gasteiger charge is 2.32. The van der Waals surface area contributed by atoms with Crippen molar-refractivity contribution >= 4 is 17.5 Å². The number of likely N-dealkylation sites (tertiary alicyclic amines) is 1. The molecule has 1 aromatic heterocycles. The molecule has 2 aromatic rings. The summed E-state index contributed by atoms with van der Waals surface area (Å²) < 4.78 is 39.6. The van der Waals surface area contributed by atoms with E-state index in [1.54, 1.807) is 41.0 Å². The topological polar surface area (TPSA) is 58.4 Å². The van der Waals surface area contributed by atoms with Crippen molar-refractivity contribution in [2.45, 2.75) is 19.0 Å². The number of carbonyl (C=O) groups excluding carboxylic acids is 2. The molecule has 9 heteroatoms. The van der Waals surface area contributed by atoms with E-state index in [0.29, 0.717) is 31.6 Å². The van der Waals surface area contributed by atoms with E-state index in [-0.39, 0.29) is 23.3 Å². The fraction of sp³-hybridized carbons (Fsp3) is 0.421. The van der Waals surface area contributed by atoms with Crippen LogP contribution in [0.3, 0.4) is 0 Å². The van der Waals surface area contributed by atoms with Gasteiger partial charge in [0.1, 0.15) is 0 Å². The highest BCUT2D eigenvalue weighted by molar-refractivity contribution is 5.96. The van der Waals surface area contributed by atoms with Gasteiger partial charge in [-0.25, -0.2) is 0 Å². The molecule has 150 valence electrons. The zero-order chi connectivity index (χ0) is 20.5. The maximum Gasteiger partial charge on any atom is 0.416 e. The molecule has 0 radical (unpaired) electrons. The number of hydrogen-bond acceptors (Lipinski definition) is 3. The summed E-state index contributed by atoms with van der Waals surface area (Å²) >= 11 is 0. The fourth-order valence-corrected chi connectivity index (χ4v) is 3.30. The van der Waals surface area contributed by atoms with E-state index >= 15 is 0 Å². The minimum absolute atomic E-state index is 0.0328. The average Bonchev–Trinajstić information content (AvgIpc) is 3.12. The summed E-state index contributed by atoms with van der Waals surface area (Å²) in [6.45, 7) is 0.772. The monoisotopic (exact) mass is 394 g/mol. The summed E-state index contributed by atoms with van der Waals surface area (Å²) in [5.41, 5.74) is 0.132. The number of alkyl halides is 3. The fourth-order valence-electron chi connectivity index (χ4n) is 3.30. The molecule has 2 amide bonds. The van der Waals surface area contributed by atoms with Crippen LogP contribution in [-0.4, -0.2) is 46.6 Å². The van der Waals surface area contributed by atoms with Crippen LogP contribution in [0.2, 0.25) is 0 Å². The van der Waals surface area contributed by atoms with Gasteiger partial charge in [0.25, 0.3) is 5.91 Å². The lowest BCUT2D eigenvalue weighted by atomic mass is 9.94. The first-order valence-corrected chi connectivity index (χ1v) is 8.89. The molecule has 0 unspecified atom stereocenters. The minimum Gasteiger partial charge on any atom is -0.339 e. The van der Waals surface area contributed by atoms with Crippen LogP contribution in [0.4, 0.5) is 18.9 Å². The van der Waals surface area contributed by atoms with Crippen molar-refractivity contribution in [1.82, 2.24) is 14.7 Å². The number of piperidine rings is 1. The highest BCUT2D eigenvalue weighted by atomic mass is 19.4. The Morgan fingerprint density at radius 1 is 1.14 bits per heavy atom. The molecule has 1 saturated heterocycles. The van der Waals surface area contributed by atoms with Gasteiger partial charge < -0.3 is 9.80 Å². The predicted octanol–water partition coefficient (Wildman–Crippen LogP) is 2.95. The molecule has 1 fully saturated rings. The Kier molecular flexibility index (Phi) is 5.44. The first kappa shape index (κ1) is 19.9. The summed E-state index contributed by atoms with van der Waals surface area (Å²) in [6.07, 6.45) is -0.0471. The molecule has 1 aliphatic heterocycles. The first-order valence-electron chi connectivity index (χ1n) is 8.89. The number of hydrogen-bond donors (Lipinski definition) is 0. The standard InChI is InChI=1S/C19H21F3N4O2/c1-24-12-16(11-23-24)25(2)17(27)14-7-9-26(10-8-14)18(28)13-3-5-15(6-4-13)19(20,21)22/h3-6,11-12,14H,7-10H2,1-2H3. The van der Waals surface area contributed by atoms with Gasteiger partial charge in [0.05, 0.1) is 17.4 Å². The van der Waals surface area contributed by atoms with Crippen LogP contribution >= 0.6 is 0 Å². The number of anilines is 1. The van der Waals surface area contributed by atoms with Gasteiger partial charge in [-0.3, -0.25) is 14.3 Å². The Hall–Kier alpha value is -2.84. The Bertz CT molecular complexity index is 853. The molecule has 0 aliphatic carbocycles. The number of nitrogens with zero attached hydrogens (tertiary/aromatic N) is 4. The Morgan fingerprint density at radius 2 is 1.75 bits per heavy atom.